The van der Waals surface area contributed by atoms with Gasteiger partial charge in [0.15, 0.2) is 0 Å². The highest BCUT2D eigenvalue weighted by Crippen LogP contribution is 2.33. The number of nitrogens with one attached hydrogen (secondary N) is 2. The van der Waals surface area contributed by atoms with Gasteiger partial charge in [0.1, 0.15) is 0 Å². The smallest absolute Gasteiger partial charge is 0.262 e. The zero-order valence-corrected chi connectivity index (χ0v) is 13.9. The Balaban J connectivity index is 1.67. The van der Waals surface area contributed by atoms with Crippen LogP contribution in [-0.2, 0) is 4.79 Å². The zero-order chi connectivity index (χ0) is 16.4. The second-order valence-electron chi connectivity index (χ2n) is 5.86. The summed E-state index contributed by atoms with van der Waals surface area (Å²) in [4.78, 5) is 28.9. The molecule has 120 valence electrons. The molecule has 3 rings (SSSR count). The quantitative estimate of drug-likeness (QED) is 0.884. The molecule has 1 atom stereocenters. The molecule has 2 aromatic heterocycles. The summed E-state index contributed by atoms with van der Waals surface area (Å²) < 4.78 is 0. The van der Waals surface area contributed by atoms with Gasteiger partial charge in [-0.25, -0.2) is 0 Å². The minimum Gasteiger partial charge on any atom is -0.345 e. The lowest BCUT2D eigenvalue weighted by molar-refractivity contribution is -0.117. The molecular formula is C17H19N3O2S. The van der Waals surface area contributed by atoms with Crippen molar-refractivity contribution in [2.24, 2.45) is 5.92 Å². The Morgan fingerprint density at radius 3 is 2.65 bits per heavy atom. The summed E-state index contributed by atoms with van der Waals surface area (Å²) in [5.74, 6) is 0.0912. The molecule has 6 heteroatoms. The fourth-order valence-electron chi connectivity index (χ4n) is 2.34. The highest BCUT2D eigenvalue weighted by Gasteiger charge is 2.30. The first-order valence-electron chi connectivity index (χ1n) is 7.66. The Morgan fingerprint density at radius 1 is 1.30 bits per heavy atom. The summed E-state index contributed by atoms with van der Waals surface area (Å²) in [6, 6.07) is 5.52. The van der Waals surface area contributed by atoms with E-state index in [4.69, 9.17) is 0 Å². The maximum absolute atomic E-state index is 12.5. The van der Waals surface area contributed by atoms with Crippen LogP contribution in [-0.4, -0.2) is 16.8 Å². The van der Waals surface area contributed by atoms with Crippen molar-refractivity contribution < 1.29 is 9.59 Å². The molecule has 2 N–H and O–H groups in total. The van der Waals surface area contributed by atoms with Gasteiger partial charge in [-0.15, -0.1) is 11.3 Å². The summed E-state index contributed by atoms with van der Waals surface area (Å²) in [5.41, 5.74) is 1.88. The average molecular weight is 329 g/mol. The van der Waals surface area contributed by atoms with E-state index in [1.165, 1.54) is 11.3 Å². The third-order valence-corrected chi connectivity index (χ3v) is 5.02. The molecule has 2 aromatic rings. The maximum Gasteiger partial charge on any atom is 0.262 e. The van der Waals surface area contributed by atoms with Gasteiger partial charge in [-0.3, -0.25) is 14.6 Å². The van der Waals surface area contributed by atoms with Crippen LogP contribution >= 0.6 is 11.3 Å². The number of nitrogens with zero attached hydrogens (tertiary/aromatic N) is 1. The molecule has 2 amide bonds. The molecule has 0 aliphatic heterocycles. The van der Waals surface area contributed by atoms with E-state index in [0.717, 1.165) is 29.0 Å². The predicted octanol–water partition coefficient (Wildman–Crippen LogP) is 3.29. The van der Waals surface area contributed by atoms with E-state index >= 15 is 0 Å². The van der Waals surface area contributed by atoms with E-state index in [1.54, 1.807) is 12.4 Å². The molecule has 1 saturated carbocycles. The summed E-state index contributed by atoms with van der Waals surface area (Å²) in [6.45, 7) is 3.82. The van der Waals surface area contributed by atoms with Crippen molar-refractivity contribution in [2.45, 2.75) is 32.7 Å². The van der Waals surface area contributed by atoms with Crippen LogP contribution in [0.25, 0.3) is 0 Å². The minimum atomic E-state index is -0.122. The minimum absolute atomic E-state index is 0.0587. The summed E-state index contributed by atoms with van der Waals surface area (Å²) in [6.07, 6.45) is 5.35. The number of rotatable bonds is 5. The third-order valence-electron chi connectivity index (χ3n) is 3.87. The van der Waals surface area contributed by atoms with E-state index in [9.17, 15) is 9.59 Å². The lowest BCUT2D eigenvalue weighted by Crippen LogP contribution is -2.26. The Kier molecular flexibility index (Phi) is 4.43. The van der Waals surface area contributed by atoms with Crippen LogP contribution in [0, 0.1) is 12.8 Å². The van der Waals surface area contributed by atoms with Gasteiger partial charge in [0, 0.05) is 18.3 Å². The normalized spacial score (nSPS) is 15.0. The van der Waals surface area contributed by atoms with Crippen molar-refractivity contribution in [1.82, 2.24) is 10.3 Å². The largest absolute Gasteiger partial charge is 0.345 e. The topological polar surface area (TPSA) is 71.1 Å². The number of hydrogen-bond donors (Lipinski definition) is 2. The number of carbonyl (C=O) groups is 2. The van der Waals surface area contributed by atoms with Crippen molar-refractivity contribution in [3.05, 3.63) is 46.6 Å². The van der Waals surface area contributed by atoms with Crippen molar-refractivity contribution in [2.75, 3.05) is 5.32 Å². The first-order chi connectivity index (χ1) is 11.0. The first-order valence-corrected chi connectivity index (χ1v) is 8.48. The van der Waals surface area contributed by atoms with E-state index in [-0.39, 0.29) is 23.8 Å². The number of hydrogen-bond acceptors (Lipinski definition) is 4. The van der Waals surface area contributed by atoms with Crippen LogP contribution < -0.4 is 10.6 Å². The number of anilines is 1. The Labute approximate surface area is 139 Å². The molecular weight excluding hydrogens is 310 g/mol. The van der Waals surface area contributed by atoms with Gasteiger partial charge < -0.3 is 10.6 Å². The Morgan fingerprint density at radius 2 is 2.00 bits per heavy atom. The lowest BCUT2D eigenvalue weighted by Gasteiger charge is -2.13. The second kappa shape index (κ2) is 6.50. The summed E-state index contributed by atoms with van der Waals surface area (Å²) in [5, 5.41) is 6.62. The highest BCUT2D eigenvalue weighted by molar-refractivity contribution is 7.18. The fraction of sp³-hybridized carbons (Fsp3) is 0.353. The molecule has 1 aliphatic carbocycles. The predicted molar refractivity (Wildman–Crippen MR) is 90.5 cm³/mol. The van der Waals surface area contributed by atoms with Crippen LogP contribution in [0.4, 0.5) is 5.00 Å². The molecule has 0 radical (unpaired) electrons. The van der Waals surface area contributed by atoms with Crippen LogP contribution in [0.1, 0.15) is 46.6 Å². The Bertz CT molecular complexity index is 723. The van der Waals surface area contributed by atoms with Crippen LogP contribution in [0.15, 0.2) is 30.6 Å². The number of carbonyl (C=O) groups excluding carboxylic acids is 2. The number of amides is 2. The Hall–Kier alpha value is -2.21. The van der Waals surface area contributed by atoms with Crippen LogP contribution in [0.3, 0.4) is 0 Å². The van der Waals surface area contributed by atoms with Gasteiger partial charge in [0.2, 0.25) is 5.91 Å². The molecule has 0 saturated heterocycles. The average Bonchev–Trinajstić information content (AvgIpc) is 3.32. The number of aryl methyl sites for hydroxylation is 1. The van der Waals surface area contributed by atoms with E-state index in [1.807, 2.05) is 32.0 Å². The van der Waals surface area contributed by atoms with Gasteiger partial charge in [0.25, 0.3) is 5.91 Å². The SMILES string of the molecule is Cc1cc(NC(=O)C2CC2)sc1C(=O)NC(C)c1ccncc1. The molecule has 5 nitrogen and oxygen atoms in total. The van der Waals surface area contributed by atoms with Gasteiger partial charge in [-0.2, -0.15) is 0 Å². The molecule has 1 aliphatic rings. The molecule has 1 fully saturated rings. The van der Waals surface area contributed by atoms with Gasteiger partial charge in [-0.05, 0) is 56.0 Å². The molecule has 2 heterocycles. The molecule has 0 aromatic carbocycles. The fourth-order valence-corrected chi connectivity index (χ4v) is 3.31. The van der Waals surface area contributed by atoms with Gasteiger partial charge in [0.05, 0.1) is 15.9 Å². The highest BCUT2D eigenvalue weighted by atomic mass is 32.1. The zero-order valence-electron chi connectivity index (χ0n) is 13.1. The molecule has 23 heavy (non-hydrogen) atoms. The molecule has 1 unspecified atom stereocenters. The summed E-state index contributed by atoms with van der Waals surface area (Å²) in [7, 11) is 0. The number of pyridine rings is 1. The van der Waals surface area contributed by atoms with Crippen LogP contribution in [0.5, 0.6) is 0 Å². The van der Waals surface area contributed by atoms with Crippen molar-refractivity contribution in [3.8, 4) is 0 Å². The lowest BCUT2D eigenvalue weighted by atomic mass is 10.1. The van der Waals surface area contributed by atoms with Crippen LogP contribution in [0.2, 0.25) is 0 Å². The monoisotopic (exact) mass is 329 g/mol. The standard InChI is InChI=1S/C17H19N3O2S/c1-10-9-14(20-16(21)13-3-4-13)23-15(10)17(22)19-11(2)12-5-7-18-8-6-12/h5-9,11,13H,3-4H2,1-2H3,(H,19,22)(H,20,21). The molecule has 0 bridgehead atoms. The molecule has 0 spiro atoms. The van der Waals surface area contributed by atoms with Crippen molar-refractivity contribution in [1.29, 1.82) is 0 Å². The maximum atomic E-state index is 12.5. The van der Waals surface area contributed by atoms with Crippen molar-refractivity contribution >= 4 is 28.2 Å². The van der Waals surface area contributed by atoms with E-state index < -0.39 is 0 Å². The van der Waals surface area contributed by atoms with Crippen molar-refractivity contribution in [3.63, 3.8) is 0 Å². The van der Waals surface area contributed by atoms with E-state index in [0.29, 0.717) is 4.88 Å². The second-order valence-corrected chi connectivity index (χ2v) is 6.91. The number of aromatic nitrogens is 1. The van der Waals surface area contributed by atoms with Gasteiger partial charge >= 0.3 is 0 Å². The summed E-state index contributed by atoms with van der Waals surface area (Å²) >= 11 is 1.32. The van der Waals surface area contributed by atoms with Gasteiger partial charge in [-0.1, -0.05) is 0 Å². The first kappa shape index (κ1) is 15.7. The number of thiophene rings is 1. The van der Waals surface area contributed by atoms with E-state index in [2.05, 4.69) is 15.6 Å². The third kappa shape index (κ3) is 3.76.